The molecule has 8 heteroatoms. The number of rotatable bonds is 5. The number of thiophene rings is 1. The number of anilines is 2. The van der Waals surface area contributed by atoms with Gasteiger partial charge in [-0.25, -0.2) is 0 Å². The highest BCUT2D eigenvalue weighted by Crippen LogP contribution is 2.54. The number of piperazine rings is 1. The van der Waals surface area contributed by atoms with Crippen molar-refractivity contribution in [1.82, 2.24) is 4.90 Å². The minimum Gasteiger partial charge on any atom is -0.376 e. The summed E-state index contributed by atoms with van der Waals surface area (Å²) in [6.45, 7) is 2.77. The first kappa shape index (κ1) is 21.0. The molecule has 4 saturated carbocycles. The smallest absolute Gasteiger partial charge is 0.292 e. The van der Waals surface area contributed by atoms with Gasteiger partial charge in [0.1, 0.15) is 5.69 Å². The maximum atomic E-state index is 12.7. The van der Waals surface area contributed by atoms with Crippen LogP contribution < -0.4 is 10.2 Å². The predicted molar refractivity (Wildman–Crippen MR) is 130 cm³/mol. The number of nitrogens with zero attached hydrogens (tertiary/aromatic N) is 3. The Balaban J connectivity index is 1.18. The Hall–Kier alpha value is -2.61. The van der Waals surface area contributed by atoms with Crippen molar-refractivity contribution in [3.05, 3.63) is 50.7 Å². The molecule has 174 valence electrons. The zero-order valence-corrected chi connectivity index (χ0v) is 19.5. The van der Waals surface area contributed by atoms with Gasteiger partial charge in [0.05, 0.1) is 9.80 Å². The first-order chi connectivity index (χ1) is 16.0. The summed E-state index contributed by atoms with van der Waals surface area (Å²) < 4.78 is 0. The van der Waals surface area contributed by atoms with Crippen LogP contribution in [0.3, 0.4) is 0 Å². The standard InChI is InChI=1S/C25H30N4O3S/c30-25(23-2-1-9-33-23)28-7-5-27(6-8-28)20-3-4-22(29(31)32)21(15-20)26-24-18-11-16-10-17(13-18)14-19(24)12-16/h1-4,9,15-19,24,26H,5-8,10-14H2. The molecule has 0 spiro atoms. The van der Waals surface area contributed by atoms with Crippen LogP contribution in [0.5, 0.6) is 0 Å². The van der Waals surface area contributed by atoms with Gasteiger partial charge in [0.2, 0.25) is 0 Å². The average Bonchev–Trinajstić information content (AvgIpc) is 3.35. The van der Waals surface area contributed by atoms with Crippen LogP contribution in [-0.2, 0) is 0 Å². The molecule has 4 aliphatic carbocycles. The molecule has 5 aliphatic rings. The van der Waals surface area contributed by atoms with Crippen molar-refractivity contribution >= 4 is 34.3 Å². The number of nitrogens with one attached hydrogen (secondary N) is 1. The van der Waals surface area contributed by atoms with Crippen LogP contribution in [0, 0.1) is 33.8 Å². The van der Waals surface area contributed by atoms with E-state index in [9.17, 15) is 14.9 Å². The van der Waals surface area contributed by atoms with E-state index in [1.54, 1.807) is 6.07 Å². The molecule has 7 rings (SSSR count). The third-order valence-corrected chi connectivity index (χ3v) is 9.25. The lowest BCUT2D eigenvalue weighted by atomic mass is 9.54. The molecule has 1 saturated heterocycles. The number of carbonyl (C=O) groups is 1. The molecule has 1 aliphatic heterocycles. The zero-order valence-electron chi connectivity index (χ0n) is 18.7. The Morgan fingerprint density at radius 2 is 1.70 bits per heavy atom. The molecular weight excluding hydrogens is 436 g/mol. The van der Waals surface area contributed by atoms with Crippen molar-refractivity contribution in [3.63, 3.8) is 0 Å². The summed E-state index contributed by atoms with van der Waals surface area (Å²) in [5, 5.41) is 17.4. The van der Waals surface area contributed by atoms with Gasteiger partial charge >= 0.3 is 0 Å². The lowest BCUT2D eigenvalue weighted by Gasteiger charge is -2.54. The van der Waals surface area contributed by atoms with Gasteiger partial charge < -0.3 is 15.1 Å². The summed E-state index contributed by atoms with van der Waals surface area (Å²) in [7, 11) is 0. The van der Waals surface area contributed by atoms with Gasteiger partial charge in [0.25, 0.3) is 11.6 Å². The van der Waals surface area contributed by atoms with Crippen molar-refractivity contribution in [1.29, 1.82) is 0 Å². The molecule has 0 unspecified atom stereocenters. The maximum Gasteiger partial charge on any atom is 0.292 e. The lowest BCUT2D eigenvalue weighted by molar-refractivity contribution is -0.384. The maximum absolute atomic E-state index is 12.7. The van der Waals surface area contributed by atoms with Crippen LogP contribution >= 0.6 is 11.3 Å². The van der Waals surface area contributed by atoms with Gasteiger partial charge in [0, 0.05) is 44.0 Å². The number of nitro groups is 1. The Kier molecular flexibility index (Phi) is 5.28. The van der Waals surface area contributed by atoms with E-state index in [1.165, 1.54) is 43.4 Å². The summed E-state index contributed by atoms with van der Waals surface area (Å²) in [5.41, 5.74) is 1.82. The van der Waals surface area contributed by atoms with E-state index in [0.717, 1.165) is 35.5 Å². The highest BCUT2D eigenvalue weighted by Gasteiger charge is 2.48. The van der Waals surface area contributed by atoms with Crippen LogP contribution in [0.4, 0.5) is 17.1 Å². The van der Waals surface area contributed by atoms with Crippen molar-refractivity contribution in [2.45, 2.75) is 38.1 Å². The summed E-state index contributed by atoms with van der Waals surface area (Å²) in [6.07, 6.45) is 6.50. The Bertz CT molecular complexity index is 1020. The van der Waals surface area contributed by atoms with Crippen molar-refractivity contribution in [3.8, 4) is 0 Å². The lowest BCUT2D eigenvalue weighted by Crippen LogP contribution is -2.51. The zero-order chi connectivity index (χ0) is 22.5. The number of hydrogen-bond donors (Lipinski definition) is 1. The molecule has 33 heavy (non-hydrogen) atoms. The minimum absolute atomic E-state index is 0.0950. The van der Waals surface area contributed by atoms with Gasteiger partial charge in [-0.3, -0.25) is 14.9 Å². The fraction of sp³-hybridized carbons (Fsp3) is 0.560. The van der Waals surface area contributed by atoms with Crippen molar-refractivity contribution < 1.29 is 9.72 Å². The van der Waals surface area contributed by atoms with Gasteiger partial charge in [-0.15, -0.1) is 11.3 Å². The van der Waals surface area contributed by atoms with E-state index in [1.807, 2.05) is 34.5 Å². The summed E-state index contributed by atoms with van der Waals surface area (Å²) in [5.74, 6) is 3.14. The molecule has 5 fully saturated rings. The number of hydrogen-bond acceptors (Lipinski definition) is 6. The molecule has 0 atom stereocenters. The summed E-state index contributed by atoms with van der Waals surface area (Å²) in [4.78, 5) is 29.1. The van der Waals surface area contributed by atoms with Crippen LogP contribution in [0.2, 0.25) is 0 Å². The van der Waals surface area contributed by atoms with Crippen LogP contribution in [0.15, 0.2) is 35.7 Å². The van der Waals surface area contributed by atoms with E-state index in [0.29, 0.717) is 36.7 Å². The second-order valence-corrected chi connectivity index (χ2v) is 11.3. The number of amides is 1. The molecule has 0 radical (unpaired) electrons. The molecule has 1 aromatic carbocycles. The van der Waals surface area contributed by atoms with E-state index >= 15 is 0 Å². The molecular formula is C25H30N4O3S. The van der Waals surface area contributed by atoms with Crippen LogP contribution in [0.1, 0.15) is 41.8 Å². The SMILES string of the molecule is O=C(c1cccs1)N1CCN(c2ccc([N+](=O)[O-])c(NC3C4CC5CC(C4)CC3C5)c2)CC1. The first-order valence-corrected chi connectivity index (χ1v) is 13.1. The largest absolute Gasteiger partial charge is 0.376 e. The second kappa shape index (κ2) is 8.31. The van der Waals surface area contributed by atoms with Gasteiger partial charge in [-0.05, 0) is 79.4 Å². The van der Waals surface area contributed by atoms with Crippen molar-refractivity contribution in [2.75, 3.05) is 36.4 Å². The first-order valence-electron chi connectivity index (χ1n) is 12.2. The fourth-order valence-corrected chi connectivity index (χ4v) is 7.75. The third-order valence-electron chi connectivity index (χ3n) is 8.39. The normalized spacial score (nSPS) is 30.5. The highest BCUT2D eigenvalue weighted by atomic mass is 32.1. The Morgan fingerprint density at radius 3 is 2.30 bits per heavy atom. The molecule has 2 heterocycles. The average molecular weight is 467 g/mol. The Morgan fingerprint density at radius 1 is 1.00 bits per heavy atom. The second-order valence-electron chi connectivity index (χ2n) is 10.3. The van der Waals surface area contributed by atoms with E-state index in [2.05, 4.69) is 10.2 Å². The molecule has 1 N–H and O–H groups in total. The fourth-order valence-electron chi connectivity index (χ4n) is 7.06. The molecule has 1 amide bonds. The van der Waals surface area contributed by atoms with E-state index in [4.69, 9.17) is 0 Å². The van der Waals surface area contributed by atoms with E-state index in [-0.39, 0.29) is 16.5 Å². The Labute approximate surface area is 197 Å². The third kappa shape index (κ3) is 3.88. The molecule has 7 nitrogen and oxygen atoms in total. The minimum atomic E-state index is -0.264. The molecule has 4 bridgehead atoms. The van der Waals surface area contributed by atoms with Gasteiger partial charge in [-0.1, -0.05) is 6.07 Å². The highest BCUT2D eigenvalue weighted by molar-refractivity contribution is 7.12. The molecule has 2 aromatic rings. The number of carbonyl (C=O) groups excluding carboxylic acids is 1. The van der Waals surface area contributed by atoms with E-state index < -0.39 is 0 Å². The summed E-state index contributed by atoms with van der Waals surface area (Å²) >= 11 is 1.48. The number of nitro benzene ring substituents is 1. The quantitative estimate of drug-likeness (QED) is 0.503. The van der Waals surface area contributed by atoms with Gasteiger partial charge in [-0.2, -0.15) is 0 Å². The van der Waals surface area contributed by atoms with Crippen molar-refractivity contribution in [2.24, 2.45) is 23.7 Å². The monoisotopic (exact) mass is 466 g/mol. The van der Waals surface area contributed by atoms with Crippen LogP contribution in [-0.4, -0.2) is 48.0 Å². The summed E-state index contributed by atoms with van der Waals surface area (Å²) in [6, 6.07) is 9.61. The number of benzene rings is 1. The predicted octanol–water partition coefficient (Wildman–Crippen LogP) is 4.86. The topological polar surface area (TPSA) is 78.7 Å². The molecule has 1 aromatic heterocycles. The van der Waals surface area contributed by atoms with Gasteiger partial charge in [0.15, 0.2) is 0 Å². The van der Waals surface area contributed by atoms with Crippen LogP contribution in [0.25, 0.3) is 0 Å².